The smallest absolute Gasteiger partial charge is 0.214 e. The van der Waals surface area contributed by atoms with E-state index in [1.165, 1.54) is 5.56 Å². The first-order valence-electron chi connectivity index (χ1n) is 9.54. The SMILES string of the molecule is Cc1ccccc1COc1ccc(Cl)cc1CNn1c(-c2ccccc2)n[nH]c1=S. The molecule has 0 aliphatic carbocycles. The Bertz CT molecular complexity index is 1200. The molecule has 0 atom stereocenters. The van der Waals surface area contributed by atoms with E-state index in [9.17, 15) is 0 Å². The van der Waals surface area contributed by atoms with Crippen LogP contribution in [0.15, 0.2) is 72.8 Å². The summed E-state index contributed by atoms with van der Waals surface area (Å²) in [5.74, 6) is 1.48. The van der Waals surface area contributed by atoms with Gasteiger partial charge in [0.2, 0.25) is 4.77 Å². The molecule has 5 nitrogen and oxygen atoms in total. The first kappa shape index (κ1) is 20.2. The van der Waals surface area contributed by atoms with Gasteiger partial charge in [-0.15, -0.1) is 0 Å². The molecule has 0 fully saturated rings. The Morgan fingerprint density at radius 3 is 2.60 bits per heavy atom. The van der Waals surface area contributed by atoms with Gasteiger partial charge in [-0.05, 0) is 48.5 Å². The molecule has 0 aliphatic rings. The molecule has 1 heterocycles. The second-order valence-corrected chi connectivity index (χ2v) is 7.68. The molecule has 152 valence electrons. The number of halogens is 1. The number of hydrogen-bond acceptors (Lipinski definition) is 4. The van der Waals surface area contributed by atoms with Gasteiger partial charge in [0.15, 0.2) is 5.82 Å². The van der Waals surface area contributed by atoms with Crippen LogP contribution in [0.25, 0.3) is 11.4 Å². The minimum Gasteiger partial charge on any atom is -0.489 e. The molecule has 2 N–H and O–H groups in total. The normalized spacial score (nSPS) is 10.7. The van der Waals surface area contributed by atoms with Gasteiger partial charge in [0, 0.05) is 16.1 Å². The van der Waals surface area contributed by atoms with E-state index in [2.05, 4.69) is 34.7 Å². The minimum atomic E-state index is 0.470. The van der Waals surface area contributed by atoms with Crippen molar-refractivity contribution in [1.29, 1.82) is 0 Å². The van der Waals surface area contributed by atoms with Crippen LogP contribution in [0.2, 0.25) is 5.02 Å². The van der Waals surface area contributed by atoms with Gasteiger partial charge in [0.1, 0.15) is 12.4 Å². The van der Waals surface area contributed by atoms with Crippen molar-refractivity contribution in [2.75, 3.05) is 5.43 Å². The predicted octanol–water partition coefficient (Wildman–Crippen LogP) is 5.89. The number of aryl methyl sites for hydroxylation is 1. The minimum absolute atomic E-state index is 0.470. The Hall–Kier alpha value is -3.09. The molecule has 0 aliphatic heterocycles. The Morgan fingerprint density at radius 2 is 1.80 bits per heavy atom. The Labute approximate surface area is 185 Å². The summed E-state index contributed by atoms with van der Waals surface area (Å²) >= 11 is 11.7. The number of nitrogens with one attached hydrogen (secondary N) is 2. The van der Waals surface area contributed by atoms with Gasteiger partial charge in [-0.2, -0.15) is 5.10 Å². The zero-order chi connectivity index (χ0) is 20.9. The number of nitrogens with zero attached hydrogens (tertiary/aromatic N) is 2. The van der Waals surface area contributed by atoms with Gasteiger partial charge in [0.05, 0.1) is 6.54 Å². The molecule has 3 aromatic carbocycles. The van der Waals surface area contributed by atoms with Gasteiger partial charge in [-0.3, -0.25) is 0 Å². The molecule has 0 amide bonds. The van der Waals surface area contributed by atoms with E-state index in [1.807, 2.05) is 60.7 Å². The number of benzene rings is 3. The Morgan fingerprint density at radius 1 is 1.03 bits per heavy atom. The highest BCUT2D eigenvalue weighted by Gasteiger charge is 2.11. The van der Waals surface area contributed by atoms with Crippen LogP contribution in [0.4, 0.5) is 0 Å². The topological polar surface area (TPSA) is 54.9 Å². The van der Waals surface area contributed by atoms with Crippen LogP contribution >= 0.6 is 23.8 Å². The average molecular weight is 437 g/mol. The van der Waals surface area contributed by atoms with E-state index in [0.29, 0.717) is 28.8 Å². The third-order valence-electron chi connectivity index (χ3n) is 4.80. The van der Waals surface area contributed by atoms with E-state index >= 15 is 0 Å². The van der Waals surface area contributed by atoms with Crippen molar-refractivity contribution in [3.63, 3.8) is 0 Å². The average Bonchev–Trinajstić information content (AvgIpc) is 3.13. The molecule has 4 aromatic rings. The van der Waals surface area contributed by atoms with E-state index in [0.717, 1.165) is 22.4 Å². The number of rotatable bonds is 7. The monoisotopic (exact) mass is 436 g/mol. The van der Waals surface area contributed by atoms with Crippen molar-refractivity contribution in [3.05, 3.63) is 99.3 Å². The van der Waals surface area contributed by atoms with Crippen molar-refractivity contribution in [3.8, 4) is 17.1 Å². The van der Waals surface area contributed by atoms with Crippen molar-refractivity contribution < 1.29 is 4.74 Å². The molecule has 4 rings (SSSR count). The van der Waals surface area contributed by atoms with Gasteiger partial charge < -0.3 is 10.2 Å². The second-order valence-electron chi connectivity index (χ2n) is 6.86. The predicted molar refractivity (Wildman–Crippen MR) is 123 cm³/mol. The highest BCUT2D eigenvalue weighted by Crippen LogP contribution is 2.25. The number of ether oxygens (including phenoxy) is 1. The lowest BCUT2D eigenvalue weighted by Crippen LogP contribution is -2.16. The number of aromatic nitrogens is 3. The molecule has 0 bridgehead atoms. The summed E-state index contributed by atoms with van der Waals surface area (Å²) in [6.07, 6.45) is 0. The molecule has 0 radical (unpaired) electrons. The van der Waals surface area contributed by atoms with Crippen LogP contribution in [0.1, 0.15) is 16.7 Å². The summed E-state index contributed by atoms with van der Waals surface area (Å²) < 4.78 is 8.36. The van der Waals surface area contributed by atoms with Gasteiger partial charge in [-0.1, -0.05) is 66.2 Å². The van der Waals surface area contributed by atoms with Crippen molar-refractivity contribution >= 4 is 23.8 Å². The van der Waals surface area contributed by atoms with E-state index in [1.54, 1.807) is 4.68 Å². The van der Waals surface area contributed by atoms with E-state index in [-0.39, 0.29) is 0 Å². The highest BCUT2D eigenvalue weighted by atomic mass is 35.5. The Balaban J connectivity index is 1.55. The number of H-pyrrole nitrogens is 1. The van der Waals surface area contributed by atoms with E-state index in [4.69, 9.17) is 28.6 Å². The maximum absolute atomic E-state index is 6.25. The fourth-order valence-corrected chi connectivity index (χ4v) is 3.53. The summed E-state index contributed by atoms with van der Waals surface area (Å²) in [6.45, 7) is 3.04. The quantitative estimate of drug-likeness (QED) is 0.354. The molecule has 7 heteroatoms. The molecule has 0 saturated heterocycles. The molecule has 30 heavy (non-hydrogen) atoms. The maximum Gasteiger partial charge on any atom is 0.214 e. The van der Waals surface area contributed by atoms with Crippen LogP contribution in [-0.4, -0.2) is 14.9 Å². The van der Waals surface area contributed by atoms with Crippen molar-refractivity contribution in [1.82, 2.24) is 14.9 Å². The first-order valence-corrected chi connectivity index (χ1v) is 10.3. The largest absolute Gasteiger partial charge is 0.489 e. The summed E-state index contributed by atoms with van der Waals surface area (Å²) in [5, 5.41) is 7.84. The maximum atomic E-state index is 6.25. The molecular weight excluding hydrogens is 416 g/mol. The number of aromatic amines is 1. The molecule has 1 aromatic heterocycles. The van der Waals surface area contributed by atoms with Crippen LogP contribution in [0, 0.1) is 11.7 Å². The third-order valence-corrected chi connectivity index (χ3v) is 5.31. The molecule has 0 spiro atoms. The van der Waals surface area contributed by atoms with Gasteiger partial charge >= 0.3 is 0 Å². The van der Waals surface area contributed by atoms with Gasteiger partial charge in [-0.25, -0.2) is 9.77 Å². The van der Waals surface area contributed by atoms with Crippen LogP contribution in [0.5, 0.6) is 5.75 Å². The van der Waals surface area contributed by atoms with Crippen LogP contribution in [0.3, 0.4) is 0 Å². The summed E-state index contributed by atoms with van der Waals surface area (Å²) in [5.41, 5.74) is 7.57. The third kappa shape index (κ3) is 4.56. The molecule has 0 saturated carbocycles. The standard InChI is InChI=1S/C23H21ClN4OS/c1-16-7-5-6-10-18(16)15-29-21-12-11-20(24)13-19(21)14-25-28-22(26-27-23(28)30)17-8-3-2-4-9-17/h2-13,25H,14-15H2,1H3,(H,27,30). The zero-order valence-electron chi connectivity index (χ0n) is 16.4. The van der Waals surface area contributed by atoms with E-state index < -0.39 is 0 Å². The fourth-order valence-electron chi connectivity index (χ4n) is 3.14. The number of hydrogen-bond donors (Lipinski definition) is 2. The molecular formula is C23H21ClN4OS. The van der Waals surface area contributed by atoms with Gasteiger partial charge in [0.25, 0.3) is 0 Å². The lowest BCUT2D eigenvalue weighted by molar-refractivity contribution is 0.302. The molecule has 0 unspecified atom stereocenters. The zero-order valence-corrected chi connectivity index (χ0v) is 18.0. The van der Waals surface area contributed by atoms with Crippen molar-refractivity contribution in [2.24, 2.45) is 0 Å². The van der Waals surface area contributed by atoms with Crippen molar-refractivity contribution in [2.45, 2.75) is 20.1 Å². The first-order chi connectivity index (χ1) is 14.6. The van der Waals surface area contributed by atoms with Crippen LogP contribution in [-0.2, 0) is 13.2 Å². The summed E-state index contributed by atoms with van der Waals surface area (Å²) in [6, 6.07) is 23.7. The lowest BCUT2D eigenvalue weighted by atomic mass is 10.1. The fraction of sp³-hybridized carbons (Fsp3) is 0.130. The lowest BCUT2D eigenvalue weighted by Gasteiger charge is -2.15. The second kappa shape index (κ2) is 9.15. The van der Waals surface area contributed by atoms with Crippen LogP contribution < -0.4 is 10.2 Å². The highest BCUT2D eigenvalue weighted by molar-refractivity contribution is 7.71. The Kier molecular flexibility index (Phi) is 6.16. The summed E-state index contributed by atoms with van der Waals surface area (Å²) in [4.78, 5) is 0. The summed E-state index contributed by atoms with van der Waals surface area (Å²) in [7, 11) is 0.